The molecular formula is C22H24N6O2. The van der Waals surface area contributed by atoms with Gasteiger partial charge in [0.2, 0.25) is 5.89 Å². The van der Waals surface area contributed by atoms with E-state index in [-0.39, 0.29) is 0 Å². The van der Waals surface area contributed by atoms with Gasteiger partial charge in [-0.05, 0) is 44.3 Å². The van der Waals surface area contributed by atoms with Crippen molar-refractivity contribution < 1.29 is 8.94 Å². The number of likely N-dealkylation sites (tertiary alicyclic amines) is 1. The number of hydrogen-bond acceptors (Lipinski definition) is 7. The zero-order valence-electron chi connectivity index (χ0n) is 17.2. The Morgan fingerprint density at radius 1 is 1.10 bits per heavy atom. The van der Waals surface area contributed by atoms with Gasteiger partial charge in [-0.15, -0.1) is 10.2 Å². The van der Waals surface area contributed by atoms with Crippen molar-refractivity contribution >= 4 is 0 Å². The van der Waals surface area contributed by atoms with E-state index in [1.54, 1.807) is 0 Å². The third-order valence-corrected chi connectivity index (χ3v) is 5.73. The van der Waals surface area contributed by atoms with Crippen LogP contribution in [0.4, 0.5) is 0 Å². The Labute approximate surface area is 174 Å². The van der Waals surface area contributed by atoms with Crippen LogP contribution in [0.25, 0.3) is 22.7 Å². The molecule has 4 heterocycles. The maximum absolute atomic E-state index is 6.01. The SMILES string of the molecule is Cc1onc(-c2ccccc2)c1-c1nnc(CN2CCC(c3cnn(C)c3)CC2)o1. The highest BCUT2D eigenvalue weighted by Gasteiger charge is 2.25. The minimum atomic E-state index is 0.452. The molecular weight excluding hydrogens is 380 g/mol. The summed E-state index contributed by atoms with van der Waals surface area (Å²) in [6.07, 6.45) is 6.32. The van der Waals surface area contributed by atoms with Crippen molar-refractivity contribution in [2.45, 2.75) is 32.2 Å². The first-order chi connectivity index (χ1) is 14.7. The Hall–Kier alpha value is -3.26. The molecule has 1 aromatic carbocycles. The van der Waals surface area contributed by atoms with Gasteiger partial charge in [0, 0.05) is 18.8 Å². The van der Waals surface area contributed by atoms with E-state index in [9.17, 15) is 0 Å². The van der Waals surface area contributed by atoms with Crippen LogP contribution in [0, 0.1) is 6.92 Å². The van der Waals surface area contributed by atoms with E-state index in [0.29, 0.717) is 30.0 Å². The summed E-state index contributed by atoms with van der Waals surface area (Å²) in [6, 6.07) is 9.89. The summed E-state index contributed by atoms with van der Waals surface area (Å²) in [5.41, 5.74) is 3.77. The van der Waals surface area contributed by atoms with E-state index in [0.717, 1.165) is 42.8 Å². The molecule has 154 valence electrons. The first-order valence-electron chi connectivity index (χ1n) is 10.2. The molecule has 1 aliphatic rings. The molecule has 1 saturated heterocycles. The summed E-state index contributed by atoms with van der Waals surface area (Å²) >= 11 is 0. The van der Waals surface area contributed by atoms with Crippen molar-refractivity contribution in [1.82, 2.24) is 30.0 Å². The van der Waals surface area contributed by atoms with Crippen LogP contribution >= 0.6 is 0 Å². The molecule has 0 spiro atoms. The molecule has 8 heteroatoms. The largest absolute Gasteiger partial charge is 0.419 e. The van der Waals surface area contributed by atoms with E-state index < -0.39 is 0 Å². The average Bonchev–Trinajstić information content (AvgIpc) is 3.49. The summed E-state index contributed by atoms with van der Waals surface area (Å²) in [5, 5.41) is 17.1. The molecule has 1 fully saturated rings. The fraction of sp³-hybridized carbons (Fsp3) is 0.364. The maximum atomic E-state index is 6.01. The van der Waals surface area contributed by atoms with Crippen LogP contribution in [-0.4, -0.2) is 43.1 Å². The van der Waals surface area contributed by atoms with Crippen molar-refractivity contribution in [1.29, 1.82) is 0 Å². The molecule has 0 amide bonds. The first kappa shape index (κ1) is 18.7. The Kier molecular flexibility index (Phi) is 4.92. The molecule has 0 aliphatic carbocycles. The van der Waals surface area contributed by atoms with Gasteiger partial charge in [-0.1, -0.05) is 35.5 Å². The number of aromatic nitrogens is 5. The number of hydrogen-bond donors (Lipinski definition) is 0. The molecule has 5 rings (SSSR count). The topological polar surface area (TPSA) is 86.0 Å². The van der Waals surface area contributed by atoms with Crippen LogP contribution in [0.5, 0.6) is 0 Å². The van der Waals surface area contributed by atoms with Gasteiger partial charge < -0.3 is 8.94 Å². The quantitative estimate of drug-likeness (QED) is 0.500. The van der Waals surface area contributed by atoms with E-state index in [1.165, 1.54) is 5.56 Å². The third kappa shape index (κ3) is 3.66. The van der Waals surface area contributed by atoms with Crippen molar-refractivity contribution in [2.75, 3.05) is 13.1 Å². The van der Waals surface area contributed by atoms with Crippen molar-refractivity contribution in [3.8, 4) is 22.7 Å². The lowest BCUT2D eigenvalue weighted by molar-refractivity contribution is 0.188. The second-order valence-electron chi connectivity index (χ2n) is 7.83. The van der Waals surface area contributed by atoms with Gasteiger partial charge in [-0.2, -0.15) is 5.10 Å². The van der Waals surface area contributed by atoms with Gasteiger partial charge >= 0.3 is 0 Å². The molecule has 4 aromatic rings. The number of nitrogens with zero attached hydrogens (tertiary/aromatic N) is 6. The summed E-state index contributed by atoms with van der Waals surface area (Å²) in [6.45, 7) is 4.51. The van der Waals surface area contributed by atoms with Crippen LogP contribution in [0.3, 0.4) is 0 Å². The number of piperidine rings is 1. The van der Waals surface area contributed by atoms with Crippen molar-refractivity contribution in [2.24, 2.45) is 7.05 Å². The fourth-order valence-electron chi connectivity index (χ4n) is 4.10. The monoisotopic (exact) mass is 404 g/mol. The molecule has 0 N–H and O–H groups in total. The van der Waals surface area contributed by atoms with Crippen LogP contribution in [0.2, 0.25) is 0 Å². The molecule has 0 atom stereocenters. The molecule has 3 aromatic heterocycles. The Morgan fingerprint density at radius 2 is 1.90 bits per heavy atom. The van der Waals surface area contributed by atoms with Crippen molar-refractivity contribution in [3.63, 3.8) is 0 Å². The highest BCUT2D eigenvalue weighted by atomic mass is 16.5. The zero-order chi connectivity index (χ0) is 20.5. The molecule has 0 radical (unpaired) electrons. The summed E-state index contributed by atoms with van der Waals surface area (Å²) < 4.78 is 13.3. The second-order valence-corrected chi connectivity index (χ2v) is 7.83. The van der Waals surface area contributed by atoms with Gasteiger partial charge in [-0.3, -0.25) is 9.58 Å². The Balaban J connectivity index is 1.28. The lowest BCUT2D eigenvalue weighted by atomic mass is 9.91. The summed E-state index contributed by atoms with van der Waals surface area (Å²) in [4.78, 5) is 2.36. The maximum Gasteiger partial charge on any atom is 0.253 e. The smallest absolute Gasteiger partial charge is 0.253 e. The number of rotatable bonds is 5. The van der Waals surface area contributed by atoms with E-state index >= 15 is 0 Å². The highest BCUT2D eigenvalue weighted by Crippen LogP contribution is 2.34. The predicted molar refractivity (Wildman–Crippen MR) is 110 cm³/mol. The molecule has 0 bridgehead atoms. The normalized spacial score (nSPS) is 15.7. The van der Waals surface area contributed by atoms with Gasteiger partial charge in [0.1, 0.15) is 17.0 Å². The van der Waals surface area contributed by atoms with Crippen molar-refractivity contribution in [3.05, 3.63) is 59.9 Å². The fourth-order valence-corrected chi connectivity index (χ4v) is 4.10. The van der Waals surface area contributed by atoms with Crippen LogP contribution in [0.1, 0.15) is 36.0 Å². The number of aryl methyl sites for hydroxylation is 2. The third-order valence-electron chi connectivity index (χ3n) is 5.73. The van der Waals surface area contributed by atoms with Crippen LogP contribution < -0.4 is 0 Å². The summed E-state index contributed by atoms with van der Waals surface area (Å²) in [7, 11) is 1.96. The first-order valence-corrected chi connectivity index (χ1v) is 10.2. The van der Waals surface area contributed by atoms with Gasteiger partial charge in [-0.25, -0.2) is 0 Å². The molecule has 8 nitrogen and oxygen atoms in total. The van der Waals surface area contributed by atoms with Gasteiger partial charge in [0.05, 0.1) is 12.7 Å². The Morgan fingerprint density at radius 3 is 2.63 bits per heavy atom. The average molecular weight is 404 g/mol. The zero-order valence-corrected chi connectivity index (χ0v) is 17.2. The second kappa shape index (κ2) is 7.87. The van der Waals surface area contributed by atoms with E-state index in [2.05, 4.69) is 31.5 Å². The number of benzene rings is 1. The predicted octanol–water partition coefficient (Wildman–Crippen LogP) is 3.81. The standard InChI is InChI=1S/C22H24N6O2/c1-15-20(21(26-30-15)17-6-4-3-5-7-17)22-25-24-19(29-22)14-28-10-8-16(9-11-28)18-12-23-27(2)13-18/h3-7,12-13,16H,8-11,14H2,1-2H3. The van der Waals surface area contributed by atoms with Gasteiger partial charge in [0.25, 0.3) is 5.89 Å². The van der Waals surface area contributed by atoms with Crippen LogP contribution in [-0.2, 0) is 13.6 Å². The molecule has 1 aliphatic heterocycles. The lowest BCUT2D eigenvalue weighted by Crippen LogP contribution is -2.32. The highest BCUT2D eigenvalue weighted by molar-refractivity contribution is 5.77. The Bertz CT molecular complexity index is 1120. The van der Waals surface area contributed by atoms with E-state index in [1.807, 2.05) is 55.2 Å². The molecule has 30 heavy (non-hydrogen) atoms. The minimum Gasteiger partial charge on any atom is -0.419 e. The molecule has 0 saturated carbocycles. The summed E-state index contributed by atoms with van der Waals surface area (Å²) in [5.74, 6) is 2.31. The van der Waals surface area contributed by atoms with Crippen LogP contribution in [0.15, 0.2) is 51.7 Å². The lowest BCUT2D eigenvalue weighted by Gasteiger charge is -2.30. The van der Waals surface area contributed by atoms with E-state index in [4.69, 9.17) is 8.94 Å². The minimum absolute atomic E-state index is 0.452. The van der Waals surface area contributed by atoms with Gasteiger partial charge in [0.15, 0.2) is 0 Å². The molecule has 0 unspecified atom stereocenters.